The minimum Gasteiger partial charge on any atom is -0.325 e. The Bertz CT molecular complexity index is 1160. The first kappa shape index (κ1) is 19.1. The molecule has 0 bridgehead atoms. The third-order valence-corrected chi connectivity index (χ3v) is 5.62. The highest BCUT2D eigenvalue weighted by Gasteiger charge is 2.14. The molecule has 0 aliphatic rings. The van der Waals surface area contributed by atoms with Crippen molar-refractivity contribution >= 4 is 34.4 Å². The van der Waals surface area contributed by atoms with E-state index in [1.54, 1.807) is 10.9 Å². The lowest BCUT2D eigenvalue weighted by Gasteiger charge is -2.12. The van der Waals surface area contributed by atoms with E-state index in [9.17, 15) is 4.79 Å². The molecule has 6 nitrogen and oxygen atoms in total. The topological polar surface area (TPSA) is 72.7 Å². The zero-order valence-corrected chi connectivity index (χ0v) is 17.3. The summed E-state index contributed by atoms with van der Waals surface area (Å²) in [5, 5.41) is 9.05. The van der Waals surface area contributed by atoms with Gasteiger partial charge < -0.3 is 5.32 Å². The second-order valence-electron chi connectivity index (χ2n) is 6.92. The van der Waals surface area contributed by atoms with Crippen molar-refractivity contribution in [2.24, 2.45) is 0 Å². The molecule has 0 saturated heterocycles. The molecular formula is C22H21N5OS. The fourth-order valence-corrected chi connectivity index (χ4v) is 4.14. The third-order valence-electron chi connectivity index (χ3n) is 4.61. The van der Waals surface area contributed by atoms with Gasteiger partial charge in [-0.3, -0.25) is 4.79 Å². The summed E-state index contributed by atoms with van der Waals surface area (Å²) < 4.78 is 1.78. The standard InChI is InChI=1S/C22H21N5OS/c1-14-9-15(2)20(16(3)10-14)26-19(28)12-29-22-18-11-25-27(21(18)23-13-24-22)17-7-5-4-6-8-17/h4-11,13H,12H2,1-3H3,(H,26,28). The van der Waals surface area contributed by atoms with E-state index < -0.39 is 0 Å². The molecule has 0 unspecified atom stereocenters. The van der Waals surface area contributed by atoms with Crippen LogP contribution in [0.25, 0.3) is 16.7 Å². The number of benzene rings is 2. The van der Waals surface area contributed by atoms with Gasteiger partial charge in [0.1, 0.15) is 11.4 Å². The molecule has 146 valence electrons. The van der Waals surface area contributed by atoms with Gasteiger partial charge >= 0.3 is 0 Å². The van der Waals surface area contributed by atoms with Gasteiger partial charge in [0.25, 0.3) is 0 Å². The van der Waals surface area contributed by atoms with Gasteiger partial charge in [-0.25, -0.2) is 14.6 Å². The molecule has 4 rings (SSSR count). The number of aryl methyl sites for hydroxylation is 3. The molecule has 0 fully saturated rings. The first-order chi connectivity index (χ1) is 14.0. The highest BCUT2D eigenvalue weighted by molar-refractivity contribution is 8.00. The van der Waals surface area contributed by atoms with Crippen LogP contribution in [0, 0.1) is 20.8 Å². The zero-order chi connectivity index (χ0) is 20.4. The number of carbonyl (C=O) groups excluding carboxylic acids is 1. The molecule has 0 aliphatic carbocycles. The van der Waals surface area contributed by atoms with E-state index in [4.69, 9.17) is 0 Å². The van der Waals surface area contributed by atoms with E-state index in [0.717, 1.165) is 38.6 Å². The lowest BCUT2D eigenvalue weighted by Crippen LogP contribution is -2.16. The molecule has 0 aliphatic heterocycles. The smallest absolute Gasteiger partial charge is 0.234 e. The lowest BCUT2D eigenvalue weighted by atomic mass is 10.1. The molecule has 1 amide bonds. The quantitative estimate of drug-likeness (QED) is 0.393. The maximum absolute atomic E-state index is 12.5. The maximum Gasteiger partial charge on any atom is 0.234 e. The highest BCUT2D eigenvalue weighted by Crippen LogP contribution is 2.27. The molecular weight excluding hydrogens is 382 g/mol. The molecule has 0 atom stereocenters. The molecule has 2 heterocycles. The van der Waals surface area contributed by atoms with Gasteiger partial charge in [0.2, 0.25) is 5.91 Å². The summed E-state index contributed by atoms with van der Waals surface area (Å²) in [6.07, 6.45) is 3.26. The Hall–Kier alpha value is -3.19. The Balaban J connectivity index is 1.52. The SMILES string of the molecule is Cc1cc(C)c(NC(=O)CSc2ncnc3c2cnn3-c2ccccc2)c(C)c1. The van der Waals surface area contributed by atoms with Gasteiger partial charge in [-0.1, -0.05) is 47.7 Å². The van der Waals surface area contributed by atoms with E-state index in [-0.39, 0.29) is 11.7 Å². The van der Waals surface area contributed by atoms with Crippen LogP contribution < -0.4 is 5.32 Å². The van der Waals surface area contributed by atoms with Crippen LogP contribution in [0.4, 0.5) is 5.69 Å². The first-order valence-corrected chi connectivity index (χ1v) is 10.3. The van der Waals surface area contributed by atoms with E-state index in [0.29, 0.717) is 0 Å². The summed E-state index contributed by atoms with van der Waals surface area (Å²) >= 11 is 1.38. The molecule has 1 N–H and O–H groups in total. The molecule has 0 saturated carbocycles. The average molecular weight is 404 g/mol. The van der Waals surface area contributed by atoms with Crippen molar-refractivity contribution in [3.05, 3.63) is 71.7 Å². The fourth-order valence-electron chi connectivity index (χ4n) is 3.38. The van der Waals surface area contributed by atoms with Crippen LogP contribution in [0.5, 0.6) is 0 Å². The van der Waals surface area contributed by atoms with Crippen molar-refractivity contribution in [1.82, 2.24) is 19.7 Å². The number of amides is 1. The van der Waals surface area contributed by atoms with Crippen molar-refractivity contribution in [3.8, 4) is 5.69 Å². The van der Waals surface area contributed by atoms with Crippen LogP contribution in [0.3, 0.4) is 0 Å². The Morgan fingerprint density at radius 2 is 1.79 bits per heavy atom. The van der Waals surface area contributed by atoms with Gasteiger partial charge in [0.15, 0.2) is 5.65 Å². The van der Waals surface area contributed by atoms with Gasteiger partial charge in [-0.05, 0) is 44.0 Å². The van der Waals surface area contributed by atoms with Crippen LogP contribution in [-0.4, -0.2) is 31.4 Å². The summed E-state index contributed by atoms with van der Waals surface area (Å²) in [5.74, 6) is 0.197. The van der Waals surface area contributed by atoms with E-state index in [2.05, 4.69) is 39.4 Å². The third kappa shape index (κ3) is 4.00. The predicted octanol–water partition coefficient (Wildman–Crippen LogP) is 4.47. The number of rotatable bonds is 5. The van der Waals surface area contributed by atoms with Crippen molar-refractivity contribution in [1.29, 1.82) is 0 Å². The Kier molecular flexibility index (Phi) is 5.31. The number of fused-ring (bicyclic) bond motifs is 1. The average Bonchev–Trinajstić information content (AvgIpc) is 3.14. The van der Waals surface area contributed by atoms with Crippen LogP contribution in [-0.2, 0) is 4.79 Å². The minimum atomic E-state index is -0.0627. The first-order valence-electron chi connectivity index (χ1n) is 9.27. The van der Waals surface area contributed by atoms with Crippen LogP contribution in [0.1, 0.15) is 16.7 Å². The Morgan fingerprint density at radius 1 is 1.07 bits per heavy atom. The van der Waals surface area contributed by atoms with E-state index in [1.807, 2.05) is 44.2 Å². The Labute approximate surface area is 173 Å². The Morgan fingerprint density at radius 3 is 2.52 bits per heavy atom. The lowest BCUT2D eigenvalue weighted by molar-refractivity contribution is -0.113. The second-order valence-corrected chi connectivity index (χ2v) is 7.88. The number of nitrogens with zero attached hydrogens (tertiary/aromatic N) is 4. The van der Waals surface area contributed by atoms with Crippen molar-refractivity contribution < 1.29 is 4.79 Å². The number of hydrogen-bond acceptors (Lipinski definition) is 5. The second kappa shape index (κ2) is 8.05. The molecule has 2 aromatic carbocycles. The maximum atomic E-state index is 12.5. The molecule has 0 radical (unpaired) electrons. The summed E-state index contributed by atoms with van der Waals surface area (Å²) in [6, 6.07) is 14.0. The van der Waals surface area contributed by atoms with Gasteiger partial charge in [-0.15, -0.1) is 0 Å². The molecule has 4 aromatic rings. The number of carbonyl (C=O) groups is 1. The van der Waals surface area contributed by atoms with Crippen molar-refractivity contribution in [3.63, 3.8) is 0 Å². The van der Waals surface area contributed by atoms with Crippen molar-refractivity contribution in [2.45, 2.75) is 25.8 Å². The number of thioether (sulfide) groups is 1. The molecule has 2 aromatic heterocycles. The number of aromatic nitrogens is 4. The van der Waals surface area contributed by atoms with Crippen LogP contribution in [0.15, 0.2) is 60.0 Å². The molecule has 0 spiro atoms. The summed E-state index contributed by atoms with van der Waals surface area (Å²) in [4.78, 5) is 21.3. The fraction of sp³-hybridized carbons (Fsp3) is 0.182. The van der Waals surface area contributed by atoms with Crippen LogP contribution in [0.2, 0.25) is 0 Å². The predicted molar refractivity (Wildman–Crippen MR) is 117 cm³/mol. The van der Waals surface area contributed by atoms with E-state index >= 15 is 0 Å². The van der Waals surface area contributed by atoms with Gasteiger partial charge in [-0.2, -0.15) is 5.10 Å². The number of para-hydroxylation sites is 1. The van der Waals surface area contributed by atoms with Gasteiger partial charge in [0.05, 0.1) is 23.0 Å². The number of anilines is 1. The molecule has 29 heavy (non-hydrogen) atoms. The minimum absolute atomic E-state index is 0.0627. The normalized spacial score (nSPS) is 11.0. The zero-order valence-electron chi connectivity index (χ0n) is 16.5. The van der Waals surface area contributed by atoms with E-state index in [1.165, 1.54) is 23.7 Å². The van der Waals surface area contributed by atoms with Gasteiger partial charge in [0, 0.05) is 5.69 Å². The largest absolute Gasteiger partial charge is 0.325 e. The van der Waals surface area contributed by atoms with Crippen LogP contribution >= 0.6 is 11.8 Å². The summed E-state index contributed by atoms with van der Waals surface area (Å²) in [7, 11) is 0. The number of nitrogens with one attached hydrogen (secondary N) is 1. The highest BCUT2D eigenvalue weighted by atomic mass is 32.2. The number of hydrogen-bond donors (Lipinski definition) is 1. The van der Waals surface area contributed by atoms with Crippen molar-refractivity contribution in [2.75, 3.05) is 11.1 Å². The summed E-state index contributed by atoms with van der Waals surface area (Å²) in [5.41, 5.74) is 5.85. The molecule has 7 heteroatoms. The monoisotopic (exact) mass is 403 g/mol. The summed E-state index contributed by atoms with van der Waals surface area (Å²) in [6.45, 7) is 6.07.